The molecular weight excluding hydrogens is 321 g/mol. The lowest BCUT2D eigenvalue weighted by Crippen LogP contribution is -2.47. The highest BCUT2D eigenvalue weighted by Gasteiger charge is 2.38. The van der Waals surface area contributed by atoms with Crippen molar-refractivity contribution in [2.45, 2.75) is 12.3 Å². The SMILES string of the molecule is CN(C)S(=O)(=O)N1CCOC(c2ccccc2C(F)(F)F)C1. The van der Waals surface area contributed by atoms with Crippen molar-refractivity contribution < 1.29 is 26.3 Å². The van der Waals surface area contributed by atoms with Gasteiger partial charge < -0.3 is 4.74 Å². The van der Waals surface area contributed by atoms with Gasteiger partial charge in [-0.15, -0.1) is 0 Å². The largest absolute Gasteiger partial charge is 0.416 e. The molecule has 0 saturated carbocycles. The molecule has 1 aliphatic rings. The van der Waals surface area contributed by atoms with Gasteiger partial charge in [0, 0.05) is 27.2 Å². The van der Waals surface area contributed by atoms with Crippen LogP contribution in [-0.2, 0) is 21.1 Å². The van der Waals surface area contributed by atoms with E-state index in [-0.39, 0.29) is 25.3 Å². The number of morpholine rings is 1. The fourth-order valence-electron chi connectivity index (χ4n) is 2.29. The Bertz CT molecular complexity index is 632. The lowest BCUT2D eigenvalue weighted by Gasteiger charge is -2.34. The molecule has 2 rings (SSSR count). The molecule has 0 aliphatic carbocycles. The average molecular weight is 338 g/mol. The number of rotatable bonds is 3. The van der Waals surface area contributed by atoms with Gasteiger partial charge in [-0.1, -0.05) is 18.2 Å². The van der Waals surface area contributed by atoms with E-state index < -0.39 is 28.1 Å². The van der Waals surface area contributed by atoms with Gasteiger partial charge in [-0.3, -0.25) is 0 Å². The average Bonchev–Trinajstić information content (AvgIpc) is 2.46. The second-order valence-corrected chi connectivity index (χ2v) is 7.23. The summed E-state index contributed by atoms with van der Waals surface area (Å²) in [4.78, 5) is 0. The Balaban J connectivity index is 2.32. The van der Waals surface area contributed by atoms with Crippen LogP contribution in [0.15, 0.2) is 24.3 Å². The van der Waals surface area contributed by atoms with Gasteiger partial charge in [-0.2, -0.15) is 30.2 Å². The Morgan fingerprint density at radius 3 is 2.50 bits per heavy atom. The third-order valence-corrected chi connectivity index (χ3v) is 5.34. The van der Waals surface area contributed by atoms with Crippen LogP contribution in [0.2, 0.25) is 0 Å². The van der Waals surface area contributed by atoms with Gasteiger partial charge in [-0.25, -0.2) is 0 Å². The predicted octanol–water partition coefficient (Wildman–Crippen LogP) is 1.89. The summed E-state index contributed by atoms with van der Waals surface area (Å²) in [6, 6.07) is 5.06. The highest BCUT2D eigenvalue weighted by Crippen LogP contribution is 2.36. The molecule has 1 atom stereocenters. The van der Waals surface area contributed by atoms with Crippen molar-refractivity contribution in [1.82, 2.24) is 8.61 Å². The van der Waals surface area contributed by atoms with E-state index in [2.05, 4.69) is 0 Å². The molecule has 5 nitrogen and oxygen atoms in total. The summed E-state index contributed by atoms with van der Waals surface area (Å²) < 4.78 is 71.0. The number of nitrogens with zero attached hydrogens (tertiary/aromatic N) is 2. The van der Waals surface area contributed by atoms with Gasteiger partial charge in [-0.05, 0) is 11.6 Å². The van der Waals surface area contributed by atoms with Crippen LogP contribution in [-0.4, -0.2) is 50.8 Å². The first kappa shape index (κ1) is 17.2. The lowest BCUT2D eigenvalue weighted by molar-refractivity contribution is -0.140. The van der Waals surface area contributed by atoms with Crippen LogP contribution < -0.4 is 0 Å². The van der Waals surface area contributed by atoms with Gasteiger partial charge in [0.05, 0.1) is 18.3 Å². The van der Waals surface area contributed by atoms with Gasteiger partial charge >= 0.3 is 6.18 Å². The van der Waals surface area contributed by atoms with Crippen molar-refractivity contribution in [2.24, 2.45) is 0 Å². The Hall–Kier alpha value is -1.16. The molecule has 0 spiro atoms. The Kier molecular flexibility index (Phi) is 4.81. The predicted molar refractivity (Wildman–Crippen MR) is 74.3 cm³/mol. The third-order valence-electron chi connectivity index (χ3n) is 3.43. The maximum absolute atomic E-state index is 13.1. The lowest BCUT2D eigenvalue weighted by atomic mass is 10.0. The van der Waals surface area contributed by atoms with Crippen molar-refractivity contribution in [3.63, 3.8) is 0 Å². The first-order chi connectivity index (χ1) is 10.1. The van der Waals surface area contributed by atoms with Crippen LogP contribution in [0.4, 0.5) is 13.2 Å². The number of alkyl halides is 3. The van der Waals surface area contributed by atoms with Crippen molar-refractivity contribution >= 4 is 10.2 Å². The molecule has 0 N–H and O–H groups in total. The third kappa shape index (κ3) is 3.43. The van der Waals surface area contributed by atoms with Gasteiger partial charge in [0.2, 0.25) is 0 Å². The molecule has 0 bridgehead atoms. The second-order valence-electron chi connectivity index (χ2n) is 5.09. The maximum Gasteiger partial charge on any atom is 0.416 e. The number of hydrogen-bond acceptors (Lipinski definition) is 3. The van der Waals surface area contributed by atoms with Crippen molar-refractivity contribution in [2.75, 3.05) is 33.8 Å². The van der Waals surface area contributed by atoms with E-state index in [1.54, 1.807) is 0 Å². The number of halogens is 3. The van der Waals surface area contributed by atoms with Crippen LogP contribution in [0.3, 0.4) is 0 Å². The molecule has 22 heavy (non-hydrogen) atoms. The van der Waals surface area contributed by atoms with Gasteiger partial charge in [0.25, 0.3) is 10.2 Å². The summed E-state index contributed by atoms with van der Waals surface area (Å²) in [5.41, 5.74) is -0.849. The van der Waals surface area contributed by atoms with E-state index in [0.717, 1.165) is 14.7 Å². The van der Waals surface area contributed by atoms with E-state index in [4.69, 9.17) is 4.74 Å². The van der Waals surface area contributed by atoms with Crippen LogP contribution in [0.1, 0.15) is 17.2 Å². The first-order valence-corrected chi connectivity index (χ1v) is 7.99. The molecule has 1 saturated heterocycles. The van der Waals surface area contributed by atoms with Crippen molar-refractivity contribution in [1.29, 1.82) is 0 Å². The van der Waals surface area contributed by atoms with Crippen LogP contribution in [0.25, 0.3) is 0 Å². The van der Waals surface area contributed by atoms with Gasteiger partial charge in [0.1, 0.15) is 0 Å². The Morgan fingerprint density at radius 2 is 1.91 bits per heavy atom. The molecule has 1 unspecified atom stereocenters. The van der Waals surface area contributed by atoms with Gasteiger partial charge in [0.15, 0.2) is 0 Å². The molecule has 0 radical (unpaired) electrons. The van der Waals surface area contributed by atoms with Crippen LogP contribution >= 0.6 is 0 Å². The molecule has 1 heterocycles. The van der Waals surface area contributed by atoms with Crippen LogP contribution in [0.5, 0.6) is 0 Å². The standard InChI is InChI=1S/C13H17F3N2O3S/c1-17(2)22(19,20)18-7-8-21-12(9-18)10-5-3-4-6-11(10)13(14,15)16/h3-6,12H,7-9H2,1-2H3. The summed E-state index contributed by atoms with van der Waals surface area (Å²) in [5.74, 6) is 0. The maximum atomic E-state index is 13.1. The Morgan fingerprint density at radius 1 is 1.27 bits per heavy atom. The summed E-state index contributed by atoms with van der Waals surface area (Å²) >= 11 is 0. The molecule has 1 aromatic rings. The van der Waals surface area contributed by atoms with E-state index in [1.807, 2.05) is 0 Å². The van der Waals surface area contributed by atoms with Crippen molar-refractivity contribution in [3.8, 4) is 0 Å². The minimum absolute atomic E-state index is 0.0456. The molecule has 1 aromatic carbocycles. The van der Waals surface area contributed by atoms with E-state index in [0.29, 0.717) is 0 Å². The molecule has 0 aromatic heterocycles. The fraction of sp³-hybridized carbons (Fsp3) is 0.538. The summed E-state index contributed by atoms with van der Waals surface area (Å²) in [6.07, 6.45) is -5.45. The highest BCUT2D eigenvalue weighted by molar-refractivity contribution is 7.86. The molecule has 1 fully saturated rings. The van der Waals surface area contributed by atoms with E-state index >= 15 is 0 Å². The molecular formula is C13H17F3N2O3S. The number of hydrogen-bond donors (Lipinski definition) is 0. The zero-order valence-corrected chi connectivity index (χ0v) is 13.0. The molecule has 9 heteroatoms. The fourth-order valence-corrected chi connectivity index (χ4v) is 3.38. The quantitative estimate of drug-likeness (QED) is 0.846. The van der Waals surface area contributed by atoms with E-state index in [1.165, 1.54) is 32.3 Å². The summed E-state index contributed by atoms with van der Waals surface area (Å²) in [5, 5.41) is 0. The summed E-state index contributed by atoms with van der Waals surface area (Å²) in [6.45, 7) is 0.0166. The zero-order chi connectivity index (χ0) is 16.5. The first-order valence-electron chi connectivity index (χ1n) is 6.59. The number of ether oxygens (including phenoxy) is 1. The van der Waals surface area contributed by atoms with Crippen molar-refractivity contribution in [3.05, 3.63) is 35.4 Å². The van der Waals surface area contributed by atoms with Crippen LogP contribution in [0, 0.1) is 0 Å². The molecule has 1 aliphatic heterocycles. The Labute approximate surface area is 127 Å². The smallest absolute Gasteiger partial charge is 0.371 e. The highest BCUT2D eigenvalue weighted by atomic mass is 32.2. The molecule has 124 valence electrons. The second kappa shape index (κ2) is 6.15. The zero-order valence-electron chi connectivity index (χ0n) is 12.2. The monoisotopic (exact) mass is 338 g/mol. The minimum Gasteiger partial charge on any atom is -0.371 e. The molecule has 0 amide bonds. The number of benzene rings is 1. The van der Waals surface area contributed by atoms with E-state index in [9.17, 15) is 21.6 Å². The minimum atomic E-state index is -4.51. The topological polar surface area (TPSA) is 49.9 Å². The summed E-state index contributed by atoms with van der Waals surface area (Å²) in [7, 11) is -0.927. The normalized spacial score (nSPS) is 21.3.